The number of halogens is 2. The SMILES string of the molecule is CCCS(=O)(=O)Nc1ccc(F)c(C(=O)c2c[nH]c3ncnc(Nc4cccc(O)c4)c23)c1F. The van der Waals surface area contributed by atoms with Crippen LogP contribution in [-0.4, -0.2) is 40.0 Å². The van der Waals surface area contributed by atoms with E-state index in [4.69, 9.17) is 0 Å². The highest BCUT2D eigenvalue weighted by Gasteiger charge is 2.27. The molecule has 4 rings (SSSR count). The lowest BCUT2D eigenvalue weighted by atomic mass is 10.0. The first-order valence-corrected chi connectivity index (χ1v) is 11.8. The Morgan fingerprint density at radius 1 is 1.18 bits per heavy atom. The molecule has 0 unspecified atom stereocenters. The van der Waals surface area contributed by atoms with E-state index >= 15 is 4.39 Å². The number of aromatic amines is 1. The summed E-state index contributed by atoms with van der Waals surface area (Å²) >= 11 is 0. The Labute approximate surface area is 192 Å². The number of carbonyl (C=O) groups excluding carboxylic acids is 1. The summed E-state index contributed by atoms with van der Waals surface area (Å²) < 4.78 is 56.0. The van der Waals surface area contributed by atoms with Crippen LogP contribution in [0.25, 0.3) is 11.0 Å². The number of anilines is 3. The molecule has 4 aromatic rings. The minimum atomic E-state index is -3.88. The normalized spacial score (nSPS) is 11.5. The molecule has 0 aliphatic rings. The molecule has 2 heterocycles. The summed E-state index contributed by atoms with van der Waals surface area (Å²) in [6.07, 6.45) is 2.75. The Morgan fingerprint density at radius 2 is 1.97 bits per heavy atom. The number of aromatic hydroxyl groups is 1. The lowest BCUT2D eigenvalue weighted by molar-refractivity contribution is 0.103. The standard InChI is InChI=1S/C22H19F2N5O4S/c1-2-8-34(32,33)29-16-7-6-15(23)18(19(16)24)20(31)14-10-25-21-17(14)22(27-11-26-21)28-12-4-3-5-13(30)9-12/h3-7,9-11,29-30H,2,8H2,1H3,(H2,25,26,27,28). The second-order valence-corrected chi connectivity index (χ2v) is 9.20. The van der Waals surface area contributed by atoms with Gasteiger partial charge in [-0.15, -0.1) is 0 Å². The number of nitrogens with one attached hydrogen (secondary N) is 3. The van der Waals surface area contributed by atoms with Gasteiger partial charge in [0.25, 0.3) is 0 Å². The van der Waals surface area contributed by atoms with Gasteiger partial charge in [0.15, 0.2) is 5.82 Å². The molecule has 0 bridgehead atoms. The zero-order valence-electron chi connectivity index (χ0n) is 17.8. The number of phenols is 1. The van der Waals surface area contributed by atoms with E-state index in [-0.39, 0.29) is 40.3 Å². The monoisotopic (exact) mass is 487 g/mol. The number of fused-ring (bicyclic) bond motifs is 1. The van der Waals surface area contributed by atoms with Gasteiger partial charge >= 0.3 is 0 Å². The summed E-state index contributed by atoms with van der Waals surface area (Å²) in [4.78, 5) is 24.2. The highest BCUT2D eigenvalue weighted by Crippen LogP contribution is 2.31. The maximum absolute atomic E-state index is 15.2. The number of H-pyrrole nitrogens is 1. The Balaban J connectivity index is 1.79. The smallest absolute Gasteiger partial charge is 0.232 e. The van der Waals surface area contributed by atoms with Crippen LogP contribution in [-0.2, 0) is 10.0 Å². The van der Waals surface area contributed by atoms with Gasteiger partial charge in [-0.1, -0.05) is 13.0 Å². The molecule has 0 radical (unpaired) electrons. The number of nitrogens with zero attached hydrogens (tertiary/aromatic N) is 2. The number of sulfonamides is 1. The molecule has 0 spiro atoms. The summed E-state index contributed by atoms with van der Waals surface area (Å²) in [6.45, 7) is 1.64. The molecule has 0 atom stereocenters. The number of benzene rings is 2. The fraction of sp³-hybridized carbons (Fsp3) is 0.136. The van der Waals surface area contributed by atoms with Crippen molar-refractivity contribution in [3.05, 3.63) is 71.7 Å². The maximum atomic E-state index is 15.2. The van der Waals surface area contributed by atoms with E-state index < -0.39 is 38.7 Å². The zero-order chi connectivity index (χ0) is 24.5. The van der Waals surface area contributed by atoms with Gasteiger partial charge in [-0.3, -0.25) is 9.52 Å². The third-order valence-corrected chi connectivity index (χ3v) is 6.36. The van der Waals surface area contributed by atoms with Crippen molar-refractivity contribution >= 4 is 44.0 Å². The van der Waals surface area contributed by atoms with E-state index in [0.717, 1.165) is 12.1 Å². The second kappa shape index (κ2) is 9.06. The third-order valence-electron chi connectivity index (χ3n) is 4.88. The van der Waals surface area contributed by atoms with E-state index in [0.29, 0.717) is 5.69 Å². The Kier molecular flexibility index (Phi) is 6.16. The van der Waals surface area contributed by atoms with Gasteiger partial charge in [0, 0.05) is 18.0 Å². The number of hydrogen-bond donors (Lipinski definition) is 4. The summed E-state index contributed by atoms with van der Waals surface area (Å²) in [6, 6.07) is 7.87. The van der Waals surface area contributed by atoms with Crippen LogP contribution in [0.2, 0.25) is 0 Å². The zero-order valence-corrected chi connectivity index (χ0v) is 18.6. The summed E-state index contributed by atoms with van der Waals surface area (Å²) in [7, 11) is -3.88. The first-order valence-electron chi connectivity index (χ1n) is 10.1. The average Bonchev–Trinajstić information content (AvgIpc) is 3.21. The van der Waals surface area contributed by atoms with Crippen LogP contribution in [0.1, 0.15) is 29.3 Å². The lowest BCUT2D eigenvalue weighted by Crippen LogP contribution is -2.18. The largest absolute Gasteiger partial charge is 0.508 e. The molecule has 0 saturated carbocycles. The second-order valence-electron chi connectivity index (χ2n) is 7.36. The van der Waals surface area contributed by atoms with Crippen LogP contribution in [0.3, 0.4) is 0 Å². The van der Waals surface area contributed by atoms with E-state index in [1.807, 2.05) is 0 Å². The number of rotatable bonds is 8. The molecule has 34 heavy (non-hydrogen) atoms. The third kappa shape index (κ3) is 4.53. The van der Waals surface area contributed by atoms with Gasteiger partial charge in [-0.25, -0.2) is 27.2 Å². The molecule has 0 amide bonds. The van der Waals surface area contributed by atoms with Crippen LogP contribution in [0.4, 0.5) is 26.0 Å². The predicted molar refractivity (Wildman–Crippen MR) is 123 cm³/mol. The van der Waals surface area contributed by atoms with Crippen molar-refractivity contribution in [2.24, 2.45) is 0 Å². The van der Waals surface area contributed by atoms with Gasteiger partial charge in [0.05, 0.1) is 28.0 Å². The number of hydrogen-bond acceptors (Lipinski definition) is 7. The van der Waals surface area contributed by atoms with Crippen LogP contribution in [0, 0.1) is 11.6 Å². The highest BCUT2D eigenvalue weighted by atomic mass is 32.2. The van der Waals surface area contributed by atoms with Crippen LogP contribution >= 0.6 is 0 Å². The van der Waals surface area contributed by atoms with E-state index in [9.17, 15) is 22.7 Å². The number of aromatic nitrogens is 3. The highest BCUT2D eigenvalue weighted by molar-refractivity contribution is 7.92. The summed E-state index contributed by atoms with van der Waals surface area (Å²) in [5, 5.41) is 12.8. The average molecular weight is 487 g/mol. The van der Waals surface area contributed by atoms with Crippen molar-refractivity contribution in [3.63, 3.8) is 0 Å². The van der Waals surface area contributed by atoms with Crippen molar-refractivity contribution in [2.45, 2.75) is 13.3 Å². The van der Waals surface area contributed by atoms with Crippen molar-refractivity contribution in [2.75, 3.05) is 15.8 Å². The molecule has 2 aromatic carbocycles. The minimum absolute atomic E-state index is 0.00727. The summed E-state index contributed by atoms with van der Waals surface area (Å²) in [5.74, 6) is -3.65. The molecular weight excluding hydrogens is 468 g/mol. The molecule has 0 saturated heterocycles. The molecule has 0 aliphatic carbocycles. The molecule has 0 fully saturated rings. The molecule has 2 aromatic heterocycles. The number of ketones is 1. The number of carbonyl (C=O) groups is 1. The first-order chi connectivity index (χ1) is 16.2. The van der Waals surface area contributed by atoms with Crippen molar-refractivity contribution in [1.82, 2.24) is 15.0 Å². The van der Waals surface area contributed by atoms with Gasteiger partial charge in [-0.05, 0) is 30.7 Å². The van der Waals surface area contributed by atoms with Crippen molar-refractivity contribution < 1.29 is 27.1 Å². The van der Waals surface area contributed by atoms with Crippen LogP contribution in [0.15, 0.2) is 48.9 Å². The van der Waals surface area contributed by atoms with Gasteiger partial charge in [-0.2, -0.15) is 0 Å². The maximum Gasteiger partial charge on any atom is 0.232 e. The molecule has 12 heteroatoms. The van der Waals surface area contributed by atoms with Gasteiger partial charge in [0.2, 0.25) is 15.8 Å². The van der Waals surface area contributed by atoms with Gasteiger partial charge < -0.3 is 15.4 Å². The fourth-order valence-corrected chi connectivity index (χ4v) is 4.55. The topological polar surface area (TPSA) is 137 Å². The minimum Gasteiger partial charge on any atom is -0.508 e. The van der Waals surface area contributed by atoms with Crippen molar-refractivity contribution in [3.8, 4) is 5.75 Å². The van der Waals surface area contributed by atoms with E-state index in [2.05, 4.69) is 25.0 Å². The molecule has 0 aliphatic heterocycles. The Bertz CT molecular complexity index is 1500. The molecule has 176 valence electrons. The van der Waals surface area contributed by atoms with Crippen LogP contribution in [0.5, 0.6) is 5.75 Å². The van der Waals surface area contributed by atoms with E-state index in [1.165, 1.54) is 24.7 Å². The fourth-order valence-electron chi connectivity index (χ4n) is 3.42. The van der Waals surface area contributed by atoms with Crippen LogP contribution < -0.4 is 10.0 Å². The van der Waals surface area contributed by atoms with E-state index in [1.54, 1.807) is 19.1 Å². The summed E-state index contributed by atoms with van der Waals surface area (Å²) in [5.41, 5.74) is -0.923. The molecular formula is C22H19F2N5O4S. The lowest BCUT2D eigenvalue weighted by Gasteiger charge is -2.12. The Hall–Kier alpha value is -4.06. The number of phenolic OH excluding ortho intramolecular Hbond substituents is 1. The molecule has 4 N–H and O–H groups in total. The quantitative estimate of drug-likeness (QED) is 0.275. The first kappa shape index (κ1) is 23.1. The van der Waals surface area contributed by atoms with Crippen molar-refractivity contribution in [1.29, 1.82) is 0 Å². The molecule has 9 nitrogen and oxygen atoms in total. The Morgan fingerprint density at radius 3 is 2.71 bits per heavy atom. The predicted octanol–water partition coefficient (Wildman–Crippen LogP) is 4.07. The van der Waals surface area contributed by atoms with Gasteiger partial charge in [0.1, 0.15) is 29.4 Å².